The Morgan fingerprint density at radius 3 is 2.62 bits per heavy atom. The van der Waals surface area contributed by atoms with Crippen molar-refractivity contribution in [2.75, 3.05) is 0 Å². The van der Waals surface area contributed by atoms with E-state index in [-0.39, 0.29) is 0 Å². The molecular formula is C9H10FNO2. The monoisotopic (exact) mass is 183 g/mol. The van der Waals surface area contributed by atoms with Crippen molar-refractivity contribution in [2.45, 2.75) is 12.8 Å². The van der Waals surface area contributed by atoms with Gasteiger partial charge in [-0.25, -0.2) is 4.39 Å². The summed E-state index contributed by atoms with van der Waals surface area (Å²) in [5.74, 6) is -0.334. The van der Waals surface area contributed by atoms with E-state index < -0.39 is 18.7 Å². The molecule has 0 heterocycles. The number of ether oxygens (including phenoxy) is 1. The molecule has 0 aliphatic heterocycles. The lowest BCUT2D eigenvalue weighted by Gasteiger charge is -2.08. The molecule has 0 radical (unpaired) electrons. The molecule has 1 amide bonds. The molecule has 0 aliphatic rings. The molecule has 2 N–H and O–H groups in total. The zero-order valence-electron chi connectivity index (χ0n) is 6.94. The van der Waals surface area contributed by atoms with Gasteiger partial charge in [-0.3, -0.25) is 4.79 Å². The fraction of sp³-hybridized carbons (Fsp3) is 0.222. The van der Waals surface area contributed by atoms with Gasteiger partial charge >= 0.3 is 0 Å². The lowest BCUT2D eigenvalue weighted by atomic mass is 10.3. The van der Waals surface area contributed by atoms with E-state index in [1.165, 1.54) is 0 Å². The van der Waals surface area contributed by atoms with E-state index in [4.69, 9.17) is 10.5 Å². The fourth-order valence-electron chi connectivity index (χ4n) is 0.847. The normalized spacial score (nSPS) is 12.1. The van der Waals surface area contributed by atoms with Gasteiger partial charge in [-0.05, 0) is 12.1 Å². The van der Waals surface area contributed by atoms with Gasteiger partial charge in [-0.1, -0.05) is 18.2 Å². The maximum absolute atomic E-state index is 12.8. The summed E-state index contributed by atoms with van der Waals surface area (Å²) in [6.07, 6.45) is -2.09. The van der Waals surface area contributed by atoms with Crippen LogP contribution in [0.5, 0.6) is 5.75 Å². The van der Waals surface area contributed by atoms with Crippen molar-refractivity contribution in [2.24, 2.45) is 5.73 Å². The molecule has 0 aliphatic carbocycles. The van der Waals surface area contributed by atoms with Crippen molar-refractivity contribution in [1.82, 2.24) is 0 Å². The van der Waals surface area contributed by atoms with Gasteiger partial charge in [0.25, 0.3) is 0 Å². The number of alkyl halides is 1. The van der Waals surface area contributed by atoms with E-state index in [0.29, 0.717) is 5.75 Å². The molecule has 3 nitrogen and oxygen atoms in total. The number of benzene rings is 1. The van der Waals surface area contributed by atoms with Crippen LogP contribution in [0.3, 0.4) is 0 Å². The van der Waals surface area contributed by atoms with E-state index in [1.807, 2.05) is 0 Å². The van der Waals surface area contributed by atoms with Crippen LogP contribution in [0.15, 0.2) is 30.3 Å². The first kappa shape index (κ1) is 9.51. The number of para-hydroxylation sites is 1. The molecule has 13 heavy (non-hydrogen) atoms. The molecule has 0 saturated carbocycles. The molecule has 0 fully saturated rings. The molecule has 1 unspecified atom stereocenters. The van der Waals surface area contributed by atoms with Gasteiger partial charge in [-0.2, -0.15) is 0 Å². The third-order valence-electron chi connectivity index (χ3n) is 1.37. The van der Waals surface area contributed by atoms with E-state index in [1.54, 1.807) is 30.3 Å². The molecule has 4 heteroatoms. The summed E-state index contributed by atoms with van der Waals surface area (Å²) in [4.78, 5) is 10.3. The molecule has 1 atom stereocenters. The summed E-state index contributed by atoms with van der Waals surface area (Å²) >= 11 is 0. The highest BCUT2D eigenvalue weighted by Crippen LogP contribution is 2.12. The minimum atomic E-state index is -1.67. The van der Waals surface area contributed by atoms with E-state index in [0.717, 1.165) is 0 Å². The van der Waals surface area contributed by atoms with Gasteiger partial charge in [0.2, 0.25) is 12.3 Å². The van der Waals surface area contributed by atoms with Crippen molar-refractivity contribution < 1.29 is 13.9 Å². The SMILES string of the molecule is NC(=O)CC(F)Oc1ccccc1. The van der Waals surface area contributed by atoms with E-state index in [2.05, 4.69) is 0 Å². The number of hydrogen-bond donors (Lipinski definition) is 1. The van der Waals surface area contributed by atoms with Crippen molar-refractivity contribution in [3.05, 3.63) is 30.3 Å². The Labute approximate surface area is 75.3 Å². The summed E-state index contributed by atoms with van der Waals surface area (Å²) in [5, 5.41) is 0. The Kier molecular flexibility index (Phi) is 3.25. The summed E-state index contributed by atoms with van der Waals surface area (Å²) in [6.45, 7) is 0. The van der Waals surface area contributed by atoms with Crippen molar-refractivity contribution in [3.8, 4) is 5.75 Å². The molecule has 1 aromatic rings. The Hall–Kier alpha value is -1.58. The minimum absolute atomic E-state index is 0.385. The number of primary amides is 1. The molecule has 70 valence electrons. The first-order valence-electron chi connectivity index (χ1n) is 3.82. The first-order valence-corrected chi connectivity index (χ1v) is 3.82. The van der Waals surface area contributed by atoms with Crippen molar-refractivity contribution in [3.63, 3.8) is 0 Å². The van der Waals surface area contributed by atoms with Crippen LogP contribution >= 0.6 is 0 Å². The summed E-state index contributed by atoms with van der Waals surface area (Å²) in [5.41, 5.74) is 4.79. The van der Waals surface area contributed by atoms with Gasteiger partial charge in [0, 0.05) is 0 Å². The molecular weight excluding hydrogens is 173 g/mol. The van der Waals surface area contributed by atoms with Gasteiger partial charge in [0.15, 0.2) is 0 Å². The second-order valence-electron chi connectivity index (χ2n) is 2.51. The highest BCUT2D eigenvalue weighted by atomic mass is 19.1. The second kappa shape index (κ2) is 4.45. The van der Waals surface area contributed by atoms with Crippen LogP contribution in [-0.2, 0) is 4.79 Å². The summed E-state index contributed by atoms with van der Waals surface area (Å²) < 4.78 is 17.6. The Balaban J connectivity index is 2.45. The number of rotatable bonds is 4. The second-order valence-corrected chi connectivity index (χ2v) is 2.51. The van der Waals surface area contributed by atoms with Crippen molar-refractivity contribution in [1.29, 1.82) is 0 Å². The van der Waals surface area contributed by atoms with Crippen LogP contribution in [0.2, 0.25) is 0 Å². The minimum Gasteiger partial charge on any atom is -0.460 e. The smallest absolute Gasteiger partial charge is 0.247 e. The quantitative estimate of drug-likeness (QED) is 0.763. The lowest BCUT2D eigenvalue weighted by Crippen LogP contribution is -2.21. The number of halogens is 1. The predicted octanol–water partition coefficient (Wildman–Crippen LogP) is 1.24. The summed E-state index contributed by atoms with van der Waals surface area (Å²) in [6, 6.07) is 8.42. The Bertz CT molecular complexity index is 276. The number of hydrogen-bond acceptors (Lipinski definition) is 2. The molecule has 0 spiro atoms. The Morgan fingerprint density at radius 2 is 2.08 bits per heavy atom. The molecule has 0 aromatic heterocycles. The molecule has 1 rings (SSSR count). The Morgan fingerprint density at radius 1 is 1.46 bits per heavy atom. The number of carbonyl (C=O) groups excluding carboxylic acids is 1. The van der Waals surface area contributed by atoms with Gasteiger partial charge in [-0.15, -0.1) is 0 Å². The highest BCUT2D eigenvalue weighted by molar-refractivity contribution is 5.74. The van der Waals surface area contributed by atoms with E-state index in [9.17, 15) is 9.18 Å². The molecule has 1 aromatic carbocycles. The van der Waals surface area contributed by atoms with Gasteiger partial charge in [0.05, 0.1) is 6.42 Å². The molecule has 0 bridgehead atoms. The maximum Gasteiger partial charge on any atom is 0.247 e. The number of carbonyl (C=O) groups is 1. The zero-order chi connectivity index (χ0) is 9.68. The van der Waals surface area contributed by atoms with Gasteiger partial charge < -0.3 is 10.5 Å². The van der Waals surface area contributed by atoms with Crippen LogP contribution in [0.4, 0.5) is 4.39 Å². The average molecular weight is 183 g/mol. The standard InChI is InChI=1S/C9H10FNO2/c10-8(6-9(11)12)13-7-4-2-1-3-5-7/h1-5,8H,6H2,(H2,11,12). The van der Waals surface area contributed by atoms with Crippen LogP contribution in [0, 0.1) is 0 Å². The largest absolute Gasteiger partial charge is 0.460 e. The first-order chi connectivity index (χ1) is 6.18. The number of amides is 1. The predicted molar refractivity (Wildman–Crippen MR) is 45.8 cm³/mol. The van der Waals surface area contributed by atoms with Crippen molar-refractivity contribution >= 4 is 5.91 Å². The van der Waals surface area contributed by atoms with E-state index >= 15 is 0 Å². The zero-order valence-corrected chi connectivity index (χ0v) is 6.94. The fourth-order valence-corrected chi connectivity index (χ4v) is 0.847. The highest BCUT2D eigenvalue weighted by Gasteiger charge is 2.10. The van der Waals surface area contributed by atoms with Crippen LogP contribution in [0.1, 0.15) is 6.42 Å². The summed E-state index contributed by atoms with van der Waals surface area (Å²) in [7, 11) is 0. The third-order valence-corrected chi connectivity index (χ3v) is 1.37. The lowest BCUT2D eigenvalue weighted by molar-refractivity contribution is -0.121. The van der Waals surface area contributed by atoms with Crippen LogP contribution in [-0.4, -0.2) is 12.3 Å². The third kappa shape index (κ3) is 3.55. The molecule has 0 saturated heterocycles. The van der Waals surface area contributed by atoms with Gasteiger partial charge in [0.1, 0.15) is 5.75 Å². The number of nitrogens with two attached hydrogens (primary N) is 1. The van der Waals surface area contributed by atoms with Crippen LogP contribution < -0.4 is 10.5 Å². The average Bonchev–Trinajstić information content (AvgIpc) is 2.04. The maximum atomic E-state index is 12.8. The van der Waals surface area contributed by atoms with Crippen LogP contribution in [0.25, 0.3) is 0 Å². The topological polar surface area (TPSA) is 52.3 Å².